The van der Waals surface area contributed by atoms with E-state index in [1.807, 2.05) is 0 Å². The molecule has 0 aliphatic rings. The van der Waals surface area contributed by atoms with Gasteiger partial charge in [-0.05, 0) is 30.3 Å². The largest absolute Gasteiger partial charge is 0.356 e. The summed E-state index contributed by atoms with van der Waals surface area (Å²) in [7, 11) is 0. The van der Waals surface area contributed by atoms with Gasteiger partial charge in [0.1, 0.15) is 12.1 Å². The summed E-state index contributed by atoms with van der Waals surface area (Å²) >= 11 is 0. The first-order valence-corrected chi connectivity index (χ1v) is 5.31. The number of aromatic nitrogens is 3. The molecule has 0 saturated heterocycles. The molecule has 0 fully saturated rings. The summed E-state index contributed by atoms with van der Waals surface area (Å²) in [6, 6.07) is 7.80. The van der Waals surface area contributed by atoms with Gasteiger partial charge in [-0.15, -0.1) is 0 Å². The summed E-state index contributed by atoms with van der Waals surface area (Å²) in [6.07, 6.45) is 4.68. The lowest BCUT2D eigenvalue weighted by atomic mass is 10.1. The molecule has 88 valence electrons. The highest BCUT2D eigenvalue weighted by atomic mass is 19.1. The van der Waals surface area contributed by atoms with Crippen molar-refractivity contribution in [3.8, 4) is 22.6 Å². The van der Waals surface area contributed by atoms with Gasteiger partial charge in [-0.3, -0.25) is 0 Å². The molecular weight excluding hydrogens is 233 g/mol. The lowest BCUT2D eigenvalue weighted by Crippen LogP contribution is -1.85. The summed E-state index contributed by atoms with van der Waals surface area (Å²) in [5, 5.41) is 3.77. The van der Waals surface area contributed by atoms with Gasteiger partial charge in [0.15, 0.2) is 5.76 Å². The Kier molecular flexibility index (Phi) is 2.57. The first-order valence-electron chi connectivity index (χ1n) is 5.31. The van der Waals surface area contributed by atoms with Crippen molar-refractivity contribution in [2.24, 2.45) is 0 Å². The van der Waals surface area contributed by atoms with Crippen molar-refractivity contribution in [1.29, 1.82) is 0 Å². The molecular formula is C13H8FN3O. The van der Waals surface area contributed by atoms with Crippen LogP contribution in [0.15, 0.2) is 53.6 Å². The monoisotopic (exact) mass is 241 g/mol. The number of rotatable bonds is 2. The summed E-state index contributed by atoms with van der Waals surface area (Å²) < 4.78 is 18.1. The van der Waals surface area contributed by atoms with Crippen LogP contribution in [0.1, 0.15) is 0 Å². The molecule has 5 heteroatoms. The molecule has 3 aromatic rings. The van der Waals surface area contributed by atoms with Gasteiger partial charge in [-0.2, -0.15) is 0 Å². The van der Waals surface area contributed by atoms with E-state index in [0.717, 1.165) is 11.1 Å². The summed E-state index contributed by atoms with van der Waals surface area (Å²) in [4.78, 5) is 8.00. The van der Waals surface area contributed by atoms with Gasteiger partial charge in [-0.25, -0.2) is 14.4 Å². The van der Waals surface area contributed by atoms with Crippen molar-refractivity contribution >= 4 is 0 Å². The van der Waals surface area contributed by atoms with Gasteiger partial charge in [-0.1, -0.05) is 5.16 Å². The highest BCUT2D eigenvalue weighted by Gasteiger charge is 2.13. The van der Waals surface area contributed by atoms with Crippen molar-refractivity contribution in [2.75, 3.05) is 0 Å². The molecule has 1 aromatic carbocycles. The Morgan fingerprint density at radius 2 is 1.89 bits per heavy atom. The number of hydrogen-bond acceptors (Lipinski definition) is 4. The molecule has 0 amide bonds. The average molecular weight is 241 g/mol. The second-order valence-corrected chi connectivity index (χ2v) is 3.67. The third-order valence-electron chi connectivity index (χ3n) is 2.53. The van der Waals surface area contributed by atoms with Crippen molar-refractivity contribution in [3.63, 3.8) is 0 Å². The van der Waals surface area contributed by atoms with Crippen LogP contribution in [0.25, 0.3) is 22.6 Å². The van der Waals surface area contributed by atoms with Crippen molar-refractivity contribution in [3.05, 3.63) is 54.9 Å². The zero-order valence-electron chi connectivity index (χ0n) is 9.25. The molecule has 2 heterocycles. The van der Waals surface area contributed by atoms with Crippen molar-refractivity contribution in [1.82, 2.24) is 15.1 Å². The third kappa shape index (κ3) is 1.86. The third-order valence-corrected chi connectivity index (χ3v) is 2.53. The molecule has 2 aromatic heterocycles. The van der Waals surface area contributed by atoms with E-state index >= 15 is 0 Å². The molecule has 0 aliphatic carbocycles. The SMILES string of the molecule is Fc1ccc(-c2oncc2-c2ccncn2)cc1. The first kappa shape index (κ1) is 10.6. The second kappa shape index (κ2) is 4.37. The Labute approximate surface area is 102 Å². The Bertz CT molecular complexity index is 650. The van der Waals surface area contributed by atoms with Crippen LogP contribution in [0.4, 0.5) is 4.39 Å². The maximum atomic E-state index is 12.9. The van der Waals surface area contributed by atoms with Crippen LogP contribution in [-0.4, -0.2) is 15.1 Å². The maximum absolute atomic E-state index is 12.9. The van der Waals surface area contributed by atoms with Crippen LogP contribution in [0.5, 0.6) is 0 Å². The quantitative estimate of drug-likeness (QED) is 0.692. The van der Waals surface area contributed by atoms with Gasteiger partial charge in [0.2, 0.25) is 0 Å². The fourth-order valence-electron chi connectivity index (χ4n) is 1.68. The number of nitrogens with zero attached hydrogens (tertiary/aromatic N) is 3. The minimum atomic E-state index is -0.290. The van der Waals surface area contributed by atoms with E-state index in [1.54, 1.807) is 30.6 Å². The normalized spacial score (nSPS) is 10.5. The fourth-order valence-corrected chi connectivity index (χ4v) is 1.68. The molecule has 18 heavy (non-hydrogen) atoms. The van der Waals surface area contributed by atoms with E-state index in [1.165, 1.54) is 18.5 Å². The minimum absolute atomic E-state index is 0.290. The van der Waals surface area contributed by atoms with E-state index in [9.17, 15) is 4.39 Å². The van der Waals surface area contributed by atoms with Crippen LogP contribution in [0, 0.1) is 5.82 Å². The number of halogens is 1. The van der Waals surface area contributed by atoms with Crippen LogP contribution >= 0.6 is 0 Å². The lowest BCUT2D eigenvalue weighted by molar-refractivity contribution is 0.432. The summed E-state index contributed by atoms with van der Waals surface area (Å²) in [5.41, 5.74) is 2.22. The van der Waals surface area contributed by atoms with Crippen molar-refractivity contribution < 1.29 is 8.91 Å². The van der Waals surface area contributed by atoms with Gasteiger partial charge < -0.3 is 4.52 Å². The molecule has 0 spiro atoms. The van der Waals surface area contributed by atoms with Crippen molar-refractivity contribution in [2.45, 2.75) is 0 Å². The molecule has 0 aliphatic heterocycles. The molecule has 0 atom stereocenters. The van der Waals surface area contributed by atoms with Crippen LogP contribution in [-0.2, 0) is 0 Å². The smallest absolute Gasteiger partial charge is 0.176 e. The second-order valence-electron chi connectivity index (χ2n) is 3.67. The van der Waals surface area contributed by atoms with E-state index in [4.69, 9.17) is 4.52 Å². The highest BCUT2D eigenvalue weighted by Crippen LogP contribution is 2.30. The number of benzene rings is 1. The zero-order valence-corrected chi connectivity index (χ0v) is 9.25. The molecule has 0 radical (unpaired) electrons. The molecule has 0 saturated carbocycles. The highest BCUT2D eigenvalue weighted by molar-refractivity contribution is 5.76. The number of hydrogen-bond donors (Lipinski definition) is 0. The molecule has 0 bridgehead atoms. The maximum Gasteiger partial charge on any atom is 0.176 e. The van der Waals surface area contributed by atoms with Crippen LogP contribution in [0.3, 0.4) is 0 Å². The van der Waals surface area contributed by atoms with Crippen LogP contribution in [0.2, 0.25) is 0 Å². The molecule has 3 rings (SSSR count). The van der Waals surface area contributed by atoms with E-state index in [-0.39, 0.29) is 5.82 Å². The van der Waals surface area contributed by atoms with Crippen LogP contribution < -0.4 is 0 Å². The molecule has 4 nitrogen and oxygen atoms in total. The Morgan fingerprint density at radius 1 is 1.06 bits per heavy atom. The fraction of sp³-hybridized carbons (Fsp3) is 0. The Morgan fingerprint density at radius 3 is 2.61 bits per heavy atom. The Balaban J connectivity index is 2.10. The molecule has 0 N–H and O–H groups in total. The first-order chi connectivity index (χ1) is 8.84. The Hall–Kier alpha value is -2.56. The minimum Gasteiger partial charge on any atom is -0.356 e. The van der Waals surface area contributed by atoms with E-state index in [2.05, 4.69) is 15.1 Å². The van der Waals surface area contributed by atoms with Gasteiger partial charge in [0, 0.05) is 11.8 Å². The van der Waals surface area contributed by atoms with Gasteiger partial charge in [0.05, 0.1) is 17.5 Å². The van der Waals surface area contributed by atoms with Gasteiger partial charge in [0.25, 0.3) is 0 Å². The zero-order chi connectivity index (χ0) is 12.4. The summed E-state index contributed by atoms with van der Waals surface area (Å²) in [5.74, 6) is 0.274. The average Bonchev–Trinajstić information content (AvgIpc) is 2.90. The topological polar surface area (TPSA) is 51.8 Å². The van der Waals surface area contributed by atoms with E-state index < -0.39 is 0 Å². The predicted octanol–water partition coefficient (Wildman–Crippen LogP) is 2.94. The lowest BCUT2D eigenvalue weighted by Gasteiger charge is -2.00. The standard InChI is InChI=1S/C13H8FN3O/c14-10-3-1-9(2-4-10)13-11(7-17-18-13)12-5-6-15-8-16-12/h1-8H. The van der Waals surface area contributed by atoms with Gasteiger partial charge >= 0.3 is 0 Å². The molecule has 0 unspecified atom stereocenters. The summed E-state index contributed by atoms with van der Waals surface area (Å²) in [6.45, 7) is 0. The van der Waals surface area contributed by atoms with E-state index in [0.29, 0.717) is 11.5 Å². The predicted molar refractivity (Wildman–Crippen MR) is 62.9 cm³/mol.